The molecule has 22 heavy (non-hydrogen) atoms. The summed E-state index contributed by atoms with van der Waals surface area (Å²) in [5.41, 5.74) is 0. The van der Waals surface area contributed by atoms with Crippen molar-refractivity contribution >= 4 is 0 Å². The second kappa shape index (κ2) is 9.01. The van der Waals surface area contributed by atoms with Crippen LogP contribution in [0.2, 0.25) is 0 Å². The van der Waals surface area contributed by atoms with Crippen molar-refractivity contribution in [1.29, 1.82) is 0 Å². The minimum Gasteiger partial charge on any atom is -0.497 e. The zero-order valence-electron chi connectivity index (χ0n) is 14.3. The number of piperazine rings is 1. The lowest BCUT2D eigenvalue weighted by Gasteiger charge is -2.35. The Morgan fingerprint density at radius 2 is 1.55 bits per heavy atom. The summed E-state index contributed by atoms with van der Waals surface area (Å²) in [4.78, 5) is 5.13. The van der Waals surface area contributed by atoms with E-state index in [4.69, 9.17) is 9.47 Å². The Balaban J connectivity index is 1.57. The molecule has 0 amide bonds. The van der Waals surface area contributed by atoms with Gasteiger partial charge in [-0.05, 0) is 36.6 Å². The third-order valence-corrected chi connectivity index (χ3v) is 4.04. The maximum absolute atomic E-state index is 5.78. The van der Waals surface area contributed by atoms with Gasteiger partial charge in [0.1, 0.15) is 11.5 Å². The Bertz CT molecular complexity index is 412. The predicted octanol–water partition coefficient (Wildman–Crippen LogP) is 2.74. The van der Waals surface area contributed by atoms with Gasteiger partial charge in [0.15, 0.2) is 0 Å². The summed E-state index contributed by atoms with van der Waals surface area (Å²) in [6.45, 7) is 12.5. The minimum atomic E-state index is 0.768. The van der Waals surface area contributed by atoms with Crippen LogP contribution in [0.1, 0.15) is 20.3 Å². The smallest absolute Gasteiger partial charge is 0.119 e. The van der Waals surface area contributed by atoms with Crippen LogP contribution >= 0.6 is 0 Å². The number of methoxy groups -OCH3 is 1. The van der Waals surface area contributed by atoms with Gasteiger partial charge < -0.3 is 19.3 Å². The van der Waals surface area contributed by atoms with Gasteiger partial charge in [0, 0.05) is 39.3 Å². The molecule has 1 aliphatic rings. The normalized spacial score (nSPS) is 16.9. The van der Waals surface area contributed by atoms with Crippen LogP contribution in [-0.2, 0) is 0 Å². The van der Waals surface area contributed by atoms with Gasteiger partial charge in [-0.1, -0.05) is 13.8 Å². The van der Waals surface area contributed by atoms with E-state index in [0.29, 0.717) is 0 Å². The average molecular weight is 306 g/mol. The summed E-state index contributed by atoms with van der Waals surface area (Å²) in [6.07, 6.45) is 1.08. The van der Waals surface area contributed by atoms with Crippen molar-refractivity contribution in [3.8, 4) is 11.5 Å². The summed E-state index contributed by atoms with van der Waals surface area (Å²) in [6, 6.07) is 7.79. The molecule has 4 heteroatoms. The molecule has 0 aromatic heterocycles. The molecule has 4 nitrogen and oxygen atoms in total. The van der Waals surface area contributed by atoms with Crippen LogP contribution in [-0.4, -0.2) is 62.8 Å². The fraction of sp³-hybridized carbons (Fsp3) is 0.667. The van der Waals surface area contributed by atoms with E-state index >= 15 is 0 Å². The number of nitrogens with zero attached hydrogens (tertiary/aromatic N) is 2. The average Bonchev–Trinajstić information content (AvgIpc) is 2.53. The van der Waals surface area contributed by atoms with Crippen molar-refractivity contribution in [3.05, 3.63) is 24.3 Å². The number of hydrogen-bond donors (Lipinski definition) is 0. The highest BCUT2D eigenvalue weighted by molar-refractivity contribution is 5.31. The van der Waals surface area contributed by atoms with Crippen LogP contribution in [0.4, 0.5) is 0 Å². The van der Waals surface area contributed by atoms with Gasteiger partial charge in [-0.25, -0.2) is 0 Å². The van der Waals surface area contributed by atoms with Crippen molar-refractivity contribution in [3.63, 3.8) is 0 Å². The van der Waals surface area contributed by atoms with E-state index in [1.807, 2.05) is 24.3 Å². The Labute approximate surface area is 135 Å². The molecule has 0 bridgehead atoms. The number of hydrogen-bond acceptors (Lipinski definition) is 4. The third-order valence-electron chi connectivity index (χ3n) is 4.04. The van der Waals surface area contributed by atoms with E-state index in [0.717, 1.165) is 37.0 Å². The van der Waals surface area contributed by atoms with Crippen molar-refractivity contribution in [1.82, 2.24) is 9.80 Å². The first kappa shape index (κ1) is 17.1. The van der Waals surface area contributed by atoms with Crippen LogP contribution < -0.4 is 9.47 Å². The molecule has 0 spiro atoms. The first-order chi connectivity index (χ1) is 10.7. The Kier molecular flexibility index (Phi) is 7.00. The molecule has 1 fully saturated rings. The summed E-state index contributed by atoms with van der Waals surface area (Å²) in [5, 5.41) is 0. The Morgan fingerprint density at radius 1 is 0.955 bits per heavy atom. The number of rotatable bonds is 8. The van der Waals surface area contributed by atoms with Crippen LogP contribution in [0.5, 0.6) is 11.5 Å². The number of benzene rings is 1. The molecule has 0 saturated carbocycles. The fourth-order valence-corrected chi connectivity index (χ4v) is 2.86. The zero-order valence-corrected chi connectivity index (χ0v) is 14.3. The van der Waals surface area contributed by atoms with Gasteiger partial charge in [0.2, 0.25) is 0 Å². The van der Waals surface area contributed by atoms with Crippen LogP contribution in [0.15, 0.2) is 24.3 Å². The molecule has 0 N–H and O–H groups in total. The lowest BCUT2D eigenvalue weighted by atomic mass is 10.2. The maximum Gasteiger partial charge on any atom is 0.119 e. The first-order valence-corrected chi connectivity index (χ1v) is 8.39. The SMILES string of the molecule is COc1ccc(OCCCN2CCN(CC(C)C)CC2)cc1. The molecule has 1 aromatic rings. The van der Waals surface area contributed by atoms with E-state index in [1.165, 1.54) is 32.7 Å². The second-order valence-corrected chi connectivity index (χ2v) is 6.41. The first-order valence-electron chi connectivity index (χ1n) is 8.39. The molecule has 0 aliphatic carbocycles. The highest BCUT2D eigenvalue weighted by atomic mass is 16.5. The van der Waals surface area contributed by atoms with Gasteiger partial charge in [0.25, 0.3) is 0 Å². The standard InChI is InChI=1S/C18H30N2O2/c1-16(2)15-20-12-10-19(11-13-20)9-4-14-22-18-7-5-17(21-3)6-8-18/h5-8,16H,4,9-15H2,1-3H3. The van der Waals surface area contributed by atoms with Crippen molar-refractivity contribution in [2.45, 2.75) is 20.3 Å². The lowest BCUT2D eigenvalue weighted by Crippen LogP contribution is -2.47. The summed E-state index contributed by atoms with van der Waals surface area (Å²) in [7, 11) is 1.68. The molecule has 2 rings (SSSR count). The molecule has 1 aromatic carbocycles. The molecule has 1 heterocycles. The Morgan fingerprint density at radius 3 is 2.14 bits per heavy atom. The van der Waals surface area contributed by atoms with E-state index in [-0.39, 0.29) is 0 Å². The van der Waals surface area contributed by atoms with Gasteiger partial charge in [0.05, 0.1) is 13.7 Å². The summed E-state index contributed by atoms with van der Waals surface area (Å²) in [5.74, 6) is 2.55. The molecule has 1 aliphatic heterocycles. The van der Waals surface area contributed by atoms with Crippen LogP contribution in [0, 0.1) is 5.92 Å². The van der Waals surface area contributed by atoms with Gasteiger partial charge in [-0.3, -0.25) is 0 Å². The molecular weight excluding hydrogens is 276 g/mol. The summed E-state index contributed by atoms with van der Waals surface area (Å²) >= 11 is 0. The second-order valence-electron chi connectivity index (χ2n) is 6.41. The van der Waals surface area contributed by atoms with E-state index in [9.17, 15) is 0 Å². The van der Waals surface area contributed by atoms with Crippen molar-refractivity contribution in [2.75, 3.05) is 53.0 Å². The van der Waals surface area contributed by atoms with Crippen LogP contribution in [0.25, 0.3) is 0 Å². The maximum atomic E-state index is 5.78. The highest BCUT2D eigenvalue weighted by Gasteiger charge is 2.16. The molecular formula is C18H30N2O2. The topological polar surface area (TPSA) is 24.9 Å². The number of ether oxygens (including phenoxy) is 2. The van der Waals surface area contributed by atoms with E-state index < -0.39 is 0 Å². The van der Waals surface area contributed by atoms with E-state index in [1.54, 1.807) is 7.11 Å². The molecule has 0 unspecified atom stereocenters. The van der Waals surface area contributed by atoms with Crippen molar-refractivity contribution in [2.24, 2.45) is 5.92 Å². The third kappa shape index (κ3) is 5.85. The minimum absolute atomic E-state index is 0.768. The lowest BCUT2D eigenvalue weighted by molar-refractivity contribution is 0.117. The van der Waals surface area contributed by atoms with Gasteiger partial charge >= 0.3 is 0 Å². The van der Waals surface area contributed by atoms with E-state index in [2.05, 4.69) is 23.6 Å². The fourth-order valence-electron chi connectivity index (χ4n) is 2.86. The van der Waals surface area contributed by atoms with Gasteiger partial charge in [-0.15, -0.1) is 0 Å². The molecule has 1 saturated heterocycles. The van der Waals surface area contributed by atoms with Crippen molar-refractivity contribution < 1.29 is 9.47 Å². The monoisotopic (exact) mass is 306 g/mol. The molecule has 0 atom stereocenters. The molecule has 0 radical (unpaired) electrons. The highest BCUT2D eigenvalue weighted by Crippen LogP contribution is 2.17. The largest absolute Gasteiger partial charge is 0.497 e. The summed E-state index contributed by atoms with van der Waals surface area (Å²) < 4.78 is 10.9. The predicted molar refractivity (Wildman–Crippen MR) is 90.8 cm³/mol. The van der Waals surface area contributed by atoms with Crippen LogP contribution in [0.3, 0.4) is 0 Å². The quantitative estimate of drug-likeness (QED) is 0.690. The Hall–Kier alpha value is -1.26. The zero-order chi connectivity index (χ0) is 15.8. The molecule has 124 valence electrons. The van der Waals surface area contributed by atoms with Gasteiger partial charge in [-0.2, -0.15) is 0 Å².